The zero-order valence-corrected chi connectivity index (χ0v) is 18.9. The SMILES string of the molecule is COc1ccc(-c2cn3c(CCC(=O)NCc4ccc(S(N)(=O)=O)cc4)csc3n2)cc1. The van der Waals surface area contributed by atoms with E-state index in [1.807, 2.05) is 40.2 Å². The summed E-state index contributed by atoms with van der Waals surface area (Å²) in [4.78, 5) is 17.9. The van der Waals surface area contributed by atoms with E-state index in [0.29, 0.717) is 19.4 Å². The molecule has 166 valence electrons. The maximum Gasteiger partial charge on any atom is 0.238 e. The van der Waals surface area contributed by atoms with Crippen molar-refractivity contribution in [1.29, 1.82) is 0 Å². The zero-order valence-electron chi connectivity index (χ0n) is 17.3. The molecule has 8 nitrogen and oxygen atoms in total. The summed E-state index contributed by atoms with van der Waals surface area (Å²) < 4.78 is 29.8. The molecule has 0 atom stereocenters. The number of nitrogens with one attached hydrogen (secondary N) is 1. The number of carbonyl (C=O) groups is 1. The zero-order chi connectivity index (χ0) is 22.7. The fourth-order valence-corrected chi connectivity index (χ4v) is 4.66. The number of hydrogen-bond acceptors (Lipinski definition) is 6. The van der Waals surface area contributed by atoms with Gasteiger partial charge in [0, 0.05) is 35.8 Å². The Kier molecular flexibility index (Phi) is 6.26. The molecule has 0 aliphatic heterocycles. The molecule has 0 bridgehead atoms. The maximum atomic E-state index is 12.3. The number of amides is 1. The molecule has 10 heteroatoms. The summed E-state index contributed by atoms with van der Waals surface area (Å²) in [7, 11) is -2.09. The number of aryl methyl sites for hydroxylation is 1. The third kappa shape index (κ3) is 4.98. The average molecular weight is 471 g/mol. The smallest absolute Gasteiger partial charge is 0.238 e. The number of hydrogen-bond donors (Lipinski definition) is 2. The average Bonchev–Trinajstić information content (AvgIpc) is 3.37. The monoisotopic (exact) mass is 470 g/mol. The molecule has 2 aromatic carbocycles. The van der Waals surface area contributed by atoms with Crippen LogP contribution in [0.25, 0.3) is 16.2 Å². The molecule has 0 fully saturated rings. The van der Waals surface area contributed by atoms with E-state index in [1.54, 1.807) is 19.2 Å². The van der Waals surface area contributed by atoms with Gasteiger partial charge in [0.05, 0.1) is 17.7 Å². The van der Waals surface area contributed by atoms with Crippen LogP contribution < -0.4 is 15.2 Å². The van der Waals surface area contributed by atoms with Crippen molar-refractivity contribution in [1.82, 2.24) is 14.7 Å². The molecule has 2 heterocycles. The number of thiazole rings is 1. The number of rotatable bonds is 8. The minimum atomic E-state index is -3.72. The van der Waals surface area contributed by atoms with Gasteiger partial charge in [-0.1, -0.05) is 12.1 Å². The summed E-state index contributed by atoms with van der Waals surface area (Å²) in [5, 5.41) is 9.96. The number of ether oxygens (including phenoxy) is 1. The van der Waals surface area contributed by atoms with Crippen LogP contribution in [0, 0.1) is 0 Å². The van der Waals surface area contributed by atoms with Gasteiger partial charge in [0.15, 0.2) is 4.96 Å². The summed E-state index contributed by atoms with van der Waals surface area (Å²) >= 11 is 1.54. The van der Waals surface area contributed by atoms with Crippen LogP contribution in [-0.4, -0.2) is 30.8 Å². The molecule has 0 unspecified atom stereocenters. The number of fused-ring (bicyclic) bond motifs is 1. The highest BCUT2D eigenvalue weighted by atomic mass is 32.2. The number of sulfonamides is 1. The number of nitrogens with two attached hydrogens (primary N) is 1. The molecule has 0 aliphatic rings. The summed E-state index contributed by atoms with van der Waals surface area (Å²) in [6.45, 7) is 0.315. The largest absolute Gasteiger partial charge is 0.497 e. The van der Waals surface area contributed by atoms with Crippen molar-refractivity contribution in [3.05, 3.63) is 71.4 Å². The Hall–Kier alpha value is -3.21. The van der Waals surface area contributed by atoms with E-state index < -0.39 is 10.0 Å². The van der Waals surface area contributed by atoms with Crippen molar-refractivity contribution < 1.29 is 17.9 Å². The van der Waals surface area contributed by atoms with Crippen LogP contribution in [0.15, 0.2) is 65.0 Å². The third-order valence-corrected chi connectivity index (χ3v) is 6.84. The highest BCUT2D eigenvalue weighted by molar-refractivity contribution is 7.89. The fourth-order valence-electron chi connectivity index (χ4n) is 3.24. The molecule has 1 amide bonds. The summed E-state index contributed by atoms with van der Waals surface area (Å²) in [6.07, 6.45) is 2.89. The second-order valence-corrected chi connectivity index (χ2v) is 9.60. The Morgan fingerprint density at radius 1 is 1.16 bits per heavy atom. The van der Waals surface area contributed by atoms with Gasteiger partial charge in [-0.25, -0.2) is 18.5 Å². The van der Waals surface area contributed by atoms with Gasteiger partial charge in [0.1, 0.15) is 5.75 Å². The molecule has 0 radical (unpaired) electrons. The Morgan fingerprint density at radius 2 is 1.88 bits per heavy atom. The lowest BCUT2D eigenvalue weighted by Gasteiger charge is -2.06. The Balaban J connectivity index is 1.35. The van der Waals surface area contributed by atoms with Crippen LogP contribution >= 0.6 is 11.3 Å². The number of imidazole rings is 1. The van der Waals surface area contributed by atoms with Gasteiger partial charge in [-0.05, 0) is 48.4 Å². The predicted molar refractivity (Wildman–Crippen MR) is 123 cm³/mol. The van der Waals surface area contributed by atoms with Gasteiger partial charge in [0.2, 0.25) is 15.9 Å². The fraction of sp³-hybridized carbons (Fsp3) is 0.182. The molecule has 4 aromatic rings. The van der Waals surface area contributed by atoms with E-state index in [2.05, 4.69) is 10.3 Å². The maximum absolute atomic E-state index is 12.3. The molecule has 0 spiro atoms. The molecule has 0 saturated heterocycles. The first-order valence-corrected chi connectivity index (χ1v) is 12.2. The molecular formula is C22H22N4O4S2. The van der Waals surface area contributed by atoms with Crippen LogP contribution in [0.2, 0.25) is 0 Å². The van der Waals surface area contributed by atoms with Gasteiger partial charge in [-0.15, -0.1) is 11.3 Å². The lowest BCUT2D eigenvalue weighted by atomic mass is 10.1. The van der Waals surface area contributed by atoms with Crippen LogP contribution in [0.1, 0.15) is 17.7 Å². The lowest BCUT2D eigenvalue weighted by molar-refractivity contribution is -0.121. The standard InChI is InChI=1S/C22H22N4O4S2/c1-30-18-7-4-16(5-8-18)20-13-26-17(14-31-22(26)25-20)6-11-21(27)24-12-15-2-9-19(10-3-15)32(23,28)29/h2-5,7-10,13-14H,6,11-12H2,1H3,(H,24,27)(H2,23,28,29). The number of benzene rings is 2. The number of aromatic nitrogens is 2. The van der Waals surface area contributed by atoms with E-state index in [9.17, 15) is 13.2 Å². The van der Waals surface area contributed by atoms with Gasteiger partial charge in [-0.2, -0.15) is 0 Å². The van der Waals surface area contributed by atoms with Crippen molar-refractivity contribution in [2.45, 2.75) is 24.3 Å². The van der Waals surface area contributed by atoms with Gasteiger partial charge in [0.25, 0.3) is 0 Å². The molecule has 2 aromatic heterocycles. The second kappa shape index (κ2) is 9.11. The summed E-state index contributed by atoms with van der Waals surface area (Å²) in [5.41, 5.74) is 3.68. The first-order valence-electron chi connectivity index (χ1n) is 9.82. The number of primary sulfonamides is 1. The van der Waals surface area contributed by atoms with Crippen molar-refractivity contribution in [3.63, 3.8) is 0 Å². The highest BCUT2D eigenvalue weighted by Crippen LogP contribution is 2.25. The first-order chi connectivity index (χ1) is 15.3. The second-order valence-electron chi connectivity index (χ2n) is 7.20. The molecule has 4 rings (SSSR count). The normalized spacial score (nSPS) is 11.6. The third-order valence-electron chi connectivity index (χ3n) is 5.02. The van der Waals surface area contributed by atoms with Crippen LogP contribution in [-0.2, 0) is 27.8 Å². The van der Waals surface area contributed by atoms with Crippen LogP contribution in [0.5, 0.6) is 5.75 Å². The van der Waals surface area contributed by atoms with Gasteiger partial charge < -0.3 is 10.1 Å². The lowest BCUT2D eigenvalue weighted by Crippen LogP contribution is -2.23. The van der Waals surface area contributed by atoms with Gasteiger partial charge >= 0.3 is 0 Å². The molecular weight excluding hydrogens is 448 g/mol. The highest BCUT2D eigenvalue weighted by Gasteiger charge is 2.12. The number of nitrogens with zero attached hydrogens (tertiary/aromatic N) is 2. The van der Waals surface area contributed by atoms with Crippen molar-refractivity contribution >= 4 is 32.2 Å². The quantitative estimate of drug-likeness (QED) is 0.411. The van der Waals surface area contributed by atoms with Crippen molar-refractivity contribution in [2.24, 2.45) is 5.14 Å². The molecule has 0 aliphatic carbocycles. The molecule has 0 saturated carbocycles. The molecule has 32 heavy (non-hydrogen) atoms. The van der Waals surface area contributed by atoms with E-state index >= 15 is 0 Å². The van der Waals surface area contributed by atoms with Crippen molar-refractivity contribution in [2.75, 3.05) is 7.11 Å². The predicted octanol–water partition coefficient (Wildman–Crippen LogP) is 2.97. The number of carbonyl (C=O) groups excluding carboxylic acids is 1. The Morgan fingerprint density at radius 3 is 2.53 bits per heavy atom. The van der Waals surface area contributed by atoms with Crippen LogP contribution in [0.4, 0.5) is 0 Å². The van der Waals surface area contributed by atoms with E-state index in [-0.39, 0.29) is 10.8 Å². The van der Waals surface area contributed by atoms with Crippen molar-refractivity contribution in [3.8, 4) is 17.0 Å². The summed E-state index contributed by atoms with van der Waals surface area (Å²) in [6, 6.07) is 13.9. The van der Waals surface area contributed by atoms with Crippen LogP contribution in [0.3, 0.4) is 0 Å². The topological polar surface area (TPSA) is 116 Å². The first kappa shape index (κ1) is 22.0. The molecule has 3 N–H and O–H groups in total. The Labute approximate surface area is 189 Å². The van der Waals surface area contributed by atoms with E-state index in [4.69, 9.17) is 9.88 Å². The summed E-state index contributed by atoms with van der Waals surface area (Å²) in [5.74, 6) is 0.706. The Bertz CT molecular complexity index is 1340. The van der Waals surface area contributed by atoms with E-state index in [1.165, 1.54) is 23.5 Å². The van der Waals surface area contributed by atoms with Gasteiger partial charge in [-0.3, -0.25) is 9.20 Å². The van der Waals surface area contributed by atoms with E-state index in [0.717, 1.165) is 33.2 Å². The minimum absolute atomic E-state index is 0.0448. The minimum Gasteiger partial charge on any atom is -0.497 e. The number of methoxy groups -OCH3 is 1.